The third-order valence-corrected chi connectivity index (χ3v) is 5.14. The normalized spacial score (nSPS) is 11.9. The molecule has 0 saturated carbocycles. The van der Waals surface area contributed by atoms with Crippen molar-refractivity contribution in [2.45, 2.75) is 16.7 Å². The van der Waals surface area contributed by atoms with E-state index in [0.717, 1.165) is 12.1 Å². The van der Waals surface area contributed by atoms with Crippen molar-refractivity contribution in [2.24, 2.45) is 0 Å². The van der Waals surface area contributed by atoms with Crippen molar-refractivity contribution in [1.29, 1.82) is 0 Å². The molecule has 2 aromatic rings. The van der Waals surface area contributed by atoms with E-state index in [9.17, 15) is 21.6 Å². The Kier molecular flexibility index (Phi) is 5.04. The Hall–Kier alpha value is -2.27. The zero-order chi connectivity index (χ0) is 18.0. The number of hydrogen-bond donors (Lipinski definition) is 1. The molecule has 0 unspecified atom stereocenters. The van der Waals surface area contributed by atoms with Gasteiger partial charge in [0, 0.05) is 0 Å². The van der Waals surface area contributed by atoms with Gasteiger partial charge in [0.2, 0.25) is 0 Å². The fourth-order valence-corrected chi connectivity index (χ4v) is 3.81. The molecule has 0 bridgehead atoms. The maximum absolute atomic E-state index is 12.0. The second kappa shape index (κ2) is 6.69. The molecule has 2 aromatic carbocycles. The Bertz CT molecular complexity index is 977. The molecule has 1 N–H and O–H groups in total. The van der Waals surface area contributed by atoms with Crippen LogP contribution in [0.3, 0.4) is 0 Å². The van der Waals surface area contributed by atoms with Gasteiger partial charge < -0.3 is 0 Å². The van der Waals surface area contributed by atoms with Crippen LogP contribution in [-0.2, 0) is 29.5 Å². The average Bonchev–Trinajstić information content (AvgIpc) is 2.52. The van der Waals surface area contributed by atoms with Crippen LogP contribution in [0.5, 0.6) is 0 Å². The molecule has 128 valence electrons. The molecule has 0 radical (unpaired) electrons. The number of hydrogen-bond acceptors (Lipinski definition) is 7. The molecule has 0 aliphatic carbocycles. The highest BCUT2D eigenvalue weighted by Crippen LogP contribution is 2.23. The molecule has 0 aliphatic heterocycles. The van der Waals surface area contributed by atoms with Gasteiger partial charge >= 0.3 is 16.1 Å². The van der Waals surface area contributed by atoms with E-state index < -0.39 is 36.0 Å². The molecule has 2 rings (SSSR count). The van der Waals surface area contributed by atoms with Gasteiger partial charge in [0.1, 0.15) is 9.79 Å². The average molecular weight is 372 g/mol. The van der Waals surface area contributed by atoms with Crippen molar-refractivity contribution >= 4 is 26.2 Å². The topological polar surface area (TPSA) is 124 Å². The Morgan fingerprint density at radius 2 is 1.46 bits per heavy atom. The summed E-state index contributed by atoms with van der Waals surface area (Å²) in [5, 5.41) is 0. The van der Waals surface area contributed by atoms with E-state index in [4.69, 9.17) is 4.55 Å². The summed E-state index contributed by atoms with van der Waals surface area (Å²) < 4.78 is 59.8. The van der Waals surface area contributed by atoms with Crippen molar-refractivity contribution in [1.82, 2.24) is 0 Å². The Balaban J connectivity index is 2.28. The minimum absolute atomic E-state index is 0.0794. The van der Waals surface area contributed by atoms with E-state index in [-0.39, 0.29) is 5.56 Å². The monoisotopic (exact) mass is 372 g/mol. The summed E-state index contributed by atoms with van der Waals surface area (Å²) in [6.07, 6.45) is 0. The summed E-state index contributed by atoms with van der Waals surface area (Å²) in [6, 6.07) is 10.4. The zero-order valence-corrected chi connectivity index (χ0v) is 13.9. The van der Waals surface area contributed by atoms with Gasteiger partial charge in [0.25, 0.3) is 10.1 Å². The summed E-state index contributed by atoms with van der Waals surface area (Å²) in [5.74, 6) is -1.07. The number of benzene rings is 2. The van der Waals surface area contributed by atoms with Crippen molar-refractivity contribution in [3.05, 3.63) is 59.7 Å². The molecule has 0 amide bonds. The zero-order valence-electron chi connectivity index (χ0n) is 12.2. The highest BCUT2D eigenvalue weighted by molar-refractivity contribution is 7.89. The van der Waals surface area contributed by atoms with Gasteiger partial charge in [0.05, 0.1) is 5.56 Å². The van der Waals surface area contributed by atoms with Crippen LogP contribution in [0.2, 0.25) is 0 Å². The SMILES string of the molecule is Cc1ccccc1C(=O)OOS(=O)(=O)c1ccccc1S(=O)(=O)O. The molecule has 0 spiro atoms. The van der Waals surface area contributed by atoms with E-state index in [1.54, 1.807) is 25.1 Å². The summed E-state index contributed by atoms with van der Waals surface area (Å²) in [4.78, 5) is 14.4. The Labute approximate surface area is 138 Å². The fraction of sp³-hybridized carbons (Fsp3) is 0.0714. The molecule has 0 aliphatic rings. The largest absolute Gasteiger partial charge is 0.374 e. The van der Waals surface area contributed by atoms with Crippen LogP contribution in [0.15, 0.2) is 58.3 Å². The second-order valence-electron chi connectivity index (χ2n) is 4.63. The van der Waals surface area contributed by atoms with Crippen LogP contribution in [0.1, 0.15) is 15.9 Å². The maximum Gasteiger partial charge on any atom is 0.374 e. The summed E-state index contributed by atoms with van der Waals surface area (Å²) >= 11 is 0. The summed E-state index contributed by atoms with van der Waals surface area (Å²) in [6.45, 7) is 1.61. The molecule has 0 aromatic heterocycles. The first-order valence-corrected chi connectivity index (χ1v) is 9.25. The highest BCUT2D eigenvalue weighted by atomic mass is 32.2. The lowest BCUT2D eigenvalue weighted by atomic mass is 10.1. The van der Waals surface area contributed by atoms with Gasteiger partial charge in [-0.25, -0.2) is 4.79 Å². The van der Waals surface area contributed by atoms with Crippen LogP contribution in [-0.4, -0.2) is 27.4 Å². The lowest BCUT2D eigenvalue weighted by molar-refractivity contribution is -0.144. The molecule has 0 atom stereocenters. The summed E-state index contributed by atoms with van der Waals surface area (Å²) in [5.41, 5.74) is 0.609. The Morgan fingerprint density at radius 1 is 0.917 bits per heavy atom. The molecular formula is C14H12O8S2. The Morgan fingerprint density at radius 3 is 2.04 bits per heavy atom. The number of aryl methyl sites for hydroxylation is 1. The van der Waals surface area contributed by atoms with Crippen LogP contribution in [0, 0.1) is 6.92 Å². The van der Waals surface area contributed by atoms with Gasteiger partial charge in [-0.2, -0.15) is 16.8 Å². The molecule has 8 nitrogen and oxygen atoms in total. The van der Waals surface area contributed by atoms with E-state index in [0.29, 0.717) is 5.56 Å². The minimum Gasteiger partial charge on any atom is -0.282 e. The smallest absolute Gasteiger partial charge is 0.282 e. The molecule has 0 fully saturated rings. The first-order valence-electron chi connectivity index (χ1n) is 6.40. The van der Waals surface area contributed by atoms with Crippen molar-refractivity contribution in [3.8, 4) is 0 Å². The van der Waals surface area contributed by atoms with E-state index in [1.165, 1.54) is 18.2 Å². The van der Waals surface area contributed by atoms with Crippen LogP contribution in [0.4, 0.5) is 0 Å². The van der Waals surface area contributed by atoms with Gasteiger partial charge in [0.15, 0.2) is 0 Å². The summed E-state index contributed by atoms with van der Waals surface area (Å²) in [7, 11) is -9.59. The predicted molar refractivity (Wildman–Crippen MR) is 81.1 cm³/mol. The molecule has 10 heteroatoms. The third-order valence-electron chi connectivity index (χ3n) is 2.96. The van der Waals surface area contributed by atoms with Crippen molar-refractivity contribution in [2.75, 3.05) is 0 Å². The molecular weight excluding hydrogens is 360 g/mol. The second-order valence-corrected chi connectivity index (χ2v) is 7.50. The number of carbonyl (C=O) groups excluding carboxylic acids is 1. The van der Waals surface area contributed by atoms with Crippen LogP contribution < -0.4 is 0 Å². The lowest BCUT2D eigenvalue weighted by Gasteiger charge is -2.08. The van der Waals surface area contributed by atoms with Gasteiger partial charge in [-0.1, -0.05) is 30.3 Å². The number of carbonyl (C=O) groups is 1. The standard InChI is InChI=1S/C14H12O8S2/c1-10-6-2-3-7-11(10)14(15)21-22-24(19,20)13-9-5-4-8-12(13)23(16,17)18/h2-9H,1H3,(H,16,17,18). The van der Waals surface area contributed by atoms with E-state index in [1.807, 2.05) is 0 Å². The van der Waals surface area contributed by atoms with Gasteiger partial charge in [-0.05, 0) is 35.0 Å². The van der Waals surface area contributed by atoms with E-state index in [2.05, 4.69) is 9.22 Å². The lowest BCUT2D eigenvalue weighted by Crippen LogP contribution is -2.15. The van der Waals surface area contributed by atoms with Crippen LogP contribution in [0.25, 0.3) is 0 Å². The fourth-order valence-electron chi connectivity index (χ4n) is 1.83. The molecule has 24 heavy (non-hydrogen) atoms. The van der Waals surface area contributed by atoms with Crippen molar-refractivity contribution < 1.29 is 35.4 Å². The quantitative estimate of drug-likeness (QED) is 0.478. The third kappa shape index (κ3) is 3.97. The molecule has 0 saturated heterocycles. The van der Waals surface area contributed by atoms with E-state index >= 15 is 0 Å². The first-order chi connectivity index (χ1) is 11.1. The predicted octanol–water partition coefficient (Wildman–Crippen LogP) is 1.72. The minimum atomic E-state index is -4.81. The first kappa shape index (κ1) is 18.1. The van der Waals surface area contributed by atoms with Gasteiger partial charge in [-0.15, -0.1) is 0 Å². The maximum atomic E-state index is 12.0. The van der Waals surface area contributed by atoms with Crippen molar-refractivity contribution in [3.63, 3.8) is 0 Å². The van der Waals surface area contributed by atoms with Crippen LogP contribution >= 0.6 is 0 Å². The van der Waals surface area contributed by atoms with Gasteiger partial charge in [-0.3, -0.25) is 9.44 Å². The number of rotatable bonds is 5. The molecule has 0 heterocycles. The highest BCUT2D eigenvalue weighted by Gasteiger charge is 2.28.